The highest BCUT2D eigenvalue weighted by Gasteiger charge is 2.24. The van der Waals surface area contributed by atoms with Crippen LogP contribution in [0.2, 0.25) is 0 Å². The topological polar surface area (TPSA) is 41.6 Å². The first-order chi connectivity index (χ1) is 9.20. The van der Waals surface area contributed by atoms with Gasteiger partial charge in [-0.3, -0.25) is 4.79 Å². The lowest BCUT2D eigenvalue weighted by molar-refractivity contribution is -0.133. The molecule has 19 heavy (non-hydrogen) atoms. The van der Waals surface area contributed by atoms with Crippen molar-refractivity contribution in [2.24, 2.45) is 5.92 Å². The Hall–Kier alpha value is -1.55. The molecule has 4 nitrogen and oxygen atoms in total. The van der Waals surface area contributed by atoms with Crippen molar-refractivity contribution < 1.29 is 9.53 Å². The van der Waals surface area contributed by atoms with Gasteiger partial charge in [-0.25, -0.2) is 0 Å². The van der Waals surface area contributed by atoms with Gasteiger partial charge in [0.05, 0.1) is 13.0 Å². The number of benzene rings is 1. The van der Waals surface area contributed by atoms with Crippen molar-refractivity contribution in [2.45, 2.75) is 12.8 Å². The second kappa shape index (κ2) is 6.57. The molecule has 1 unspecified atom stereocenters. The van der Waals surface area contributed by atoms with Crippen LogP contribution in [-0.4, -0.2) is 44.6 Å². The molecule has 1 N–H and O–H groups in total. The number of hydrogen-bond acceptors (Lipinski definition) is 3. The van der Waals surface area contributed by atoms with Crippen molar-refractivity contribution >= 4 is 5.91 Å². The van der Waals surface area contributed by atoms with E-state index in [4.69, 9.17) is 4.74 Å². The van der Waals surface area contributed by atoms with E-state index in [1.54, 1.807) is 7.11 Å². The van der Waals surface area contributed by atoms with Crippen molar-refractivity contribution in [3.05, 3.63) is 29.8 Å². The van der Waals surface area contributed by atoms with Crippen LogP contribution in [-0.2, 0) is 11.2 Å². The Labute approximate surface area is 114 Å². The number of amides is 1. The quantitative estimate of drug-likeness (QED) is 0.870. The second-order valence-corrected chi connectivity index (χ2v) is 5.05. The van der Waals surface area contributed by atoms with E-state index in [0.29, 0.717) is 0 Å². The Bertz CT molecular complexity index is 411. The number of ether oxygens (including phenoxy) is 1. The fourth-order valence-corrected chi connectivity index (χ4v) is 2.38. The summed E-state index contributed by atoms with van der Waals surface area (Å²) in [6.07, 6.45) is 1.85. The van der Waals surface area contributed by atoms with Crippen molar-refractivity contribution in [2.75, 3.05) is 33.8 Å². The van der Waals surface area contributed by atoms with Crippen molar-refractivity contribution in [1.29, 1.82) is 0 Å². The minimum atomic E-state index is 0.167. The number of carbonyl (C=O) groups excluding carboxylic acids is 1. The third kappa shape index (κ3) is 3.70. The van der Waals surface area contributed by atoms with Gasteiger partial charge < -0.3 is 15.0 Å². The Morgan fingerprint density at radius 3 is 2.74 bits per heavy atom. The first kappa shape index (κ1) is 13.9. The molecular formula is C15H22N2O2. The van der Waals surface area contributed by atoms with Crippen LogP contribution < -0.4 is 10.1 Å². The molecule has 2 rings (SSSR count). The molecule has 4 heteroatoms. The van der Waals surface area contributed by atoms with E-state index in [-0.39, 0.29) is 11.8 Å². The number of hydrogen-bond donors (Lipinski definition) is 1. The molecule has 0 aromatic heterocycles. The van der Waals surface area contributed by atoms with Crippen LogP contribution in [0.3, 0.4) is 0 Å². The van der Waals surface area contributed by atoms with Gasteiger partial charge in [0.25, 0.3) is 0 Å². The van der Waals surface area contributed by atoms with E-state index >= 15 is 0 Å². The highest BCUT2D eigenvalue weighted by atomic mass is 16.5. The summed E-state index contributed by atoms with van der Waals surface area (Å²) in [7, 11) is 3.56. The van der Waals surface area contributed by atoms with Crippen molar-refractivity contribution in [3.8, 4) is 5.75 Å². The first-order valence-corrected chi connectivity index (χ1v) is 6.79. The summed E-state index contributed by atoms with van der Waals surface area (Å²) in [5, 5.41) is 3.23. The fraction of sp³-hybridized carbons (Fsp3) is 0.533. The average Bonchev–Trinajstić information content (AvgIpc) is 2.98. The van der Waals surface area contributed by atoms with Crippen LogP contribution in [0.15, 0.2) is 24.3 Å². The van der Waals surface area contributed by atoms with Crippen LogP contribution in [0.25, 0.3) is 0 Å². The van der Waals surface area contributed by atoms with Crippen molar-refractivity contribution in [1.82, 2.24) is 10.2 Å². The van der Waals surface area contributed by atoms with Crippen LogP contribution in [0.5, 0.6) is 5.75 Å². The number of likely N-dealkylation sites (N-methyl/N-ethyl adjacent to an activating group) is 1. The summed E-state index contributed by atoms with van der Waals surface area (Å²) in [4.78, 5) is 14.0. The molecule has 1 heterocycles. The summed E-state index contributed by atoms with van der Waals surface area (Å²) in [6, 6.07) is 8.01. The van der Waals surface area contributed by atoms with E-state index in [2.05, 4.69) is 5.32 Å². The maximum Gasteiger partial charge on any atom is 0.226 e. The normalized spacial score (nSPS) is 18.3. The number of methoxy groups -OCH3 is 1. The van der Waals surface area contributed by atoms with E-state index in [1.165, 1.54) is 5.56 Å². The average molecular weight is 262 g/mol. The summed E-state index contributed by atoms with van der Waals surface area (Å²) in [6.45, 7) is 2.55. The van der Waals surface area contributed by atoms with Gasteiger partial charge in [-0.05, 0) is 37.1 Å². The number of nitrogens with zero attached hydrogens (tertiary/aromatic N) is 1. The molecule has 1 saturated heterocycles. The summed E-state index contributed by atoms with van der Waals surface area (Å²) >= 11 is 0. The predicted octanol–water partition coefficient (Wildman–Crippen LogP) is 1.31. The molecule has 0 saturated carbocycles. The standard InChI is InChI=1S/C15H22N2O2/c1-17(15(18)13-7-9-16-11-13)10-8-12-3-5-14(19-2)6-4-12/h3-6,13,16H,7-11H2,1-2H3. The molecule has 1 aromatic rings. The molecular weight excluding hydrogens is 240 g/mol. The largest absolute Gasteiger partial charge is 0.497 e. The Balaban J connectivity index is 1.81. The highest BCUT2D eigenvalue weighted by Crippen LogP contribution is 2.13. The predicted molar refractivity (Wildman–Crippen MR) is 75.3 cm³/mol. The molecule has 1 aliphatic rings. The summed E-state index contributed by atoms with van der Waals surface area (Å²) < 4.78 is 5.13. The van der Waals surface area contributed by atoms with Gasteiger partial charge >= 0.3 is 0 Å². The van der Waals surface area contributed by atoms with Gasteiger partial charge in [0.15, 0.2) is 0 Å². The molecule has 104 valence electrons. The number of nitrogens with one attached hydrogen (secondary N) is 1. The lowest BCUT2D eigenvalue weighted by Crippen LogP contribution is -2.35. The van der Waals surface area contributed by atoms with Gasteiger partial charge in [0.2, 0.25) is 5.91 Å². The molecule has 0 bridgehead atoms. The van der Waals surface area contributed by atoms with Gasteiger partial charge in [0, 0.05) is 20.1 Å². The molecule has 0 aliphatic carbocycles. The third-order valence-corrected chi connectivity index (χ3v) is 3.68. The highest BCUT2D eigenvalue weighted by molar-refractivity contribution is 5.79. The van der Waals surface area contributed by atoms with Gasteiger partial charge in [-0.1, -0.05) is 12.1 Å². The smallest absolute Gasteiger partial charge is 0.226 e. The Morgan fingerprint density at radius 1 is 1.42 bits per heavy atom. The van der Waals surface area contributed by atoms with Gasteiger partial charge in [0.1, 0.15) is 5.75 Å². The van der Waals surface area contributed by atoms with Crippen molar-refractivity contribution in [3.63, 3.8) is 0 Å². The van der Waals surface area contributed by atoms with Crippen LogP contribution >= 0.6 is 0 Å². The molecule has 1 atom stereocenters. The minimum Gasteiger partial charge on any atom is -0.497 e. The van der Waals surface area contributed by atoms with Crippen LogP contribution in [0.4, 0.5) is 0 Å². The molecule has 1 fully saturated rings. The van der Waals surface area contributed by atoms with E-state index < -0.39 is 0 Å². The number of carbonyl (C=O) groups is 1. The Morgan fingerprint density at radius 2 is 2.16 bits per heavy atom. The van der Waals surface area contributed by atoms with E-state index in [9.17, 15) is 4.79 Å². The lowest BCUT2D eigenvalue weighted by atomic mass is 10.1. The molecule has 0 radical (unpaired) electrons. The zero-order valence-corrected chi connectivity index (χ0v) is 11.7. The van der Waals surface area contributed by atoms with Crippen LogP contribution in [0.1, 0.15) is 12.0 Å². The lowest BCUT2D eigenvalue weighted by Gasteiger charge is -2.20. The molecule has 0 spiro atoms. The molecule has 1 aliphatic heterocycles. The second-order valence-electron chi connectivity index (χ2n) is 5.05. The van der Waals surface area contributed by atoms with Crippen LogP contribution in [0, 0.1) is 5.92 Å². The molecule has 1 amide bonds. The van der Waals surface area contributed by atoms with E-state index in [0.717, 1.165) is 38.2 Å². The molecule has 1 aromatic carbocycles. The Kier molecular flexibility index (Phi) is 4.80. The monoisotopic (exact) mass is 262 g/mol. The summed E-state index contributed by atoms with van der Waals surface area (Å²) in [5.41, 5.74) is 1.23. The first-order valence-electron chi connectivity index (χ1n) is 6.79. The van der Waals surface area contributed by atoms with E-state index in [1.807, 2.05) is 36.2 Å². The maximum absolute atomic E-state index is 12.1. The van der Waals surface area contributed by atoms with Gasteiger partial charge in [-0.2, -0.15) is 0 Å². The van der Waals surface area contributed by atoms with Gasteiger partial charge in [-0.15, -0.1) is 0 Å². The zero-order chi connectivity index (χ0) is 13.7. The maximum atomic E-state index is 12.1. The minimum absolute atomic E-state index is 0.167. The zero-order valence-electron chi connectivity index (χ0n) is 11.7. The SMILES string of the molecule is COc1ccc(CCN(C)C(=O)C2CCNC2)cc1. The third-order valence-electron chi connectivity index (χ3n) is 3.68. The fourth-order valence-electron chi connectivity index (χ4n) is 2.38. The summed E-state index contributed by atoms with van der Waals surface area (Å²) in [5.74, 6) is 1.30. The number of rotatable bonds is 5.